The second kappa shape index (κ2) is 16.9. The number of aliphatic hydroxyl groups excluding tert-OH is 1. The van der Waals surface area contributed by atoms with E-state index in [1.807, 2.05) is 0 Å². The zero-order valence-electron chi connectivity index (χ0n) is 13.4. The lowest BCUT2D eigenvalue weighted by Crippen LogP contribution is -2.14. The number of hydrogen-bond donors (Lipinski definition) is 1. The lowest BCUT2D eigenvalue weighted by molar-refractivity contribution is 0.000598. The molecule has 0 saturated carbocycles. The number of ether oxygens (including phenoxy) is 3. The lowest BCUT2D eigenvalue weighted by atomic mass is 9.97. The number of unbranched alkanes of at least 4 members (excludes halogenated alkanes) is 2. The molecular weight excluding hydrogens is 256 g/mol. The van der Waals surface area contributed by atoms with Crippen LogP contribution in [-0.4, -0.2) is 51.4 Å². The van der Waals surface area contributed by atoms with Crippen LogP contribution < -0.4 is 0 Å². The second-order valence-corrected chi connectivity index (χ2v) is 5.17. The minimum absolute atomic E-state index is 0.0694. The smallest absolute Gasteiger partial charge is 0.0701 e. The van der Waals surface area contributed by atoms with Crippen LogP contribution in [0.25, 0.3) is 0 Å². The molecule has 4 nitrogen and oxygen atoms in total. The summed E-state index contributed by atoms with van der Waals surface area (Å²) in [4.78, 5) is 0. The SMILES string of the molecule is CCCCCC(CCC)COCCOCCOCCO. The number of aliphatic hydroxyl groups is 1. The fourth-order valence-corrected chi connectivity index (χ4v) is 2.16. The molecule has 0 aromatic carbocycles. The molecular formula is C16H34O4. The Bertz CT molecular complexity index is 176. The van der Waals surface area contributed by atoms with Gasteiger partial charge in [-0.1, -0.05) is 39.5 Å². The molecule has 0 heterocycles. The molecule has 1 N–H and O–H groups in total. The quantitative estimate of drug-likeness (QED) is 0.444. The van der Waals surface area contributed by atoms with E-state index in [0.717, 1.165) is 6.61 Å². The maximum absolute atomic E-state index is 8.53. The second-order valence-electron chi connectivity index (χ2n) is 5.17. The molecule has 0 aliphatic rings. The fraction of sp³-hybridized carbons (Fsp3) is 1.00. The summed E-state index contributed by atoms with van der Waals surface area (Å²) < 4.78 is 16.2. The van der Waals surface area contributed by atoms with Gasteiger partial charge in [-0.25, -0.2) is 0 Å². The molecule has 20 heavy (non-hydrogen) atoms. The van der Waals surface area contributed by atoms with Crippen molar-refractivity contribution in [1.82, 2.24) is 0 Å². The third-order valence-electron chi connectivity index (χ3n) is 3.25. The molecule has 1 atom stereocenters. The van der Waals surface area contributed by atoms with E-state index in [-0.39, 0.29) is 6.61 Å². The Morgan fingerprint density at radius 2 is 1.40 bits per heavy atom. The van der Waals surface area contributed by atoms with Crippen molar-refractivity contribution in [2.45, 2.75) is 52.4 Å². The predicted molar refractivity (Wildman–Crippen MR) is 82.1 cm³/mol. The van der Waals surface area contributed by atoms with Crippen LogP contribution in [0, 0.1) is 5.92 Å². The zero-order valence-corrected chi connectivity index (χ0v) is 13.4. The third-order valence-corrected chi connectivity index (χ3v) is 3.25. The molecule has 0 aromatic heterocycles. The Morgan fingerprint density at radius 3 is 2.00 bits per heavy atom. The van der Waals surface area contributed by atoms with Crippen LogP contribution >= 0.6 is 0 Å². The van der Waals surface area contributed by atoms with E-state index in [4.69, 9.17) is 19.3 Å². The Kier molecular flexibility index (Phi) is 16.8. The van der Waals surface area contributed by atoms with Gasteiger partial charge in [-0.05, 0) is 18.8 Å². The molecule has 0 aliphatic heterocycles. The van der Waals surface area contributed by atoms with Crippen LogP contribution in [0.4, 0.5) is 0 Å². The van der Waals surface area contributed by atoms with Crippen LogP contribution in [0.1, 0.15) is 52.4 Å². The number of hydrogen-bond acceptors (Lipinski definition) is 4. The van der Waals surface area contributed by atoms with E-state index in [9.17, 15) is 0 Å². The lowest BCUT2D eigenvalue weighted by Gasteiger charge is -2.16. The predicted octanol–water partition coefficient (Wildman–Crippen LogP) is 3.03. The molecule has 0 saturated heterocycles. The van der Waals surface area contributed by atoms with Crippen molar-refractivity contribution in [1.29, 1.82) is 0 Å². The van der Waals surface area contributed by atoms with Gasteiger partial charge in [0.2, 0.25) is 0 Å². The normalized spacial score (nSPS) is 12.8. The molecule has 0 radical (unpaired) electrons. The molecule has 4 heteroatoms. The van der Waals surface area contributed by atoms with E-state index < -0.39 is 0 Å². The molecule has 0 fully saturated rings. The van der Waals surface area contributed by atoms with Gasteiger partial charge in [0, 0.05) is 6.61 Å². The van der Waals surface area contributed by atoms with Gasteiger partial charge in [-0.3, -0.25) is 0 Å². The van der Waals surface area contributed by atoms with Gasteiger partial charge in [-0.15, -0.1) is 0 Å². The molecule has 0 bridgehead atoms. The summed E-state index contributed by atoms with van der Waals surface area (Å²) in [5.41, 5.74) is 0. The van der Waals surface area contributed by atoms with Crippen molar-refractivity contribution in [3.05, 3.63) is 0 Å². The topological polar surface area (TPSA) is 47.9 Å². The van der Waals surface area contributed by atoms with Gasteiger partial charge < -0.3 is 19.3 Å². The Hall–Kier alpha value is -0.160. The highest BCUT2D eigenvalue weighted by Crippen LogP contribution is 2.16. The highest BCUT2D eigenvalue weighted by molar-refractivity contribution is 4.58. The van der Waals surface area contributed by atoms with Crippen molar-refractivity contribution < 1.29 is 19.3 Å². The highest BCUT2D eigenvalue weighted by Gasteiger charge is 2.07. The minimum atomic E-state index is 0.0694. The van der Waals surface area contributed by atoms with Crippen molar-refractivity contribution in [3.63, 3.8) is 0 Å². The maximum Gasteiger partial charge on any atom is 0.0701 e. The molecule has 0 rings (SSSR count). The molecule has 1 unspecified atom stereocenters. The monoisotopic (exact) mass is 290 g/mol. The van der Waals surface area contributed by atoms with Crippen LogP contribution in [0.3, 0.4) is 0 Å². The van der Waals surface area contributed by atoms with E-state index >= 15 is 0 Å². The summed E-state index contributed by atoms with van der Waals surface area (Å²) in [6, 6.07) is 0. The van der Waals surface area contributed by atoms with Gasteiger partial charge in [-0.2, -0.15) is 0 Å². The standard InChI is InChI=1S/C16H34O4/c1-3-5-6-8-16(7-4-2)15-20-14-13-19-12-11-18-10-9-17/h16-17H,3-15H2,1-2H3. The molecule has 122 valence electrons. The van der Waals surface area contributed by atoms with Crippen LogP contribution in [0.2, 0.25) is 0 Å². The third kappa shape index (κ3) is 14.3. The summed E-state index contributed by atoms with van der Waals surface area (Å²) in [6.07, 6.45) is 7.72. The van der Waals surface area contributed by atoms with Gasteiger partial charge >= 0.3 is 0 Å². The van der Waals surface area contributed by atoms with Crippen LogP contribution in [0.15, 0.2) is 0 Å². The first-order valence-electron chi connectivity index (χ1n) is 8.19. The summed E-state index contributed by atoms with van der Waals surface area (Å²) in [5.74, 6) is 0.708. The average molecular weight is 290 g/mol. The van der Waals surface area contributed by atoms with Gasteiger partial charge in [0.1, 0.15) is 0 Å². The largest absolute Gasteiger partial charge is 0.394 e. The summed E-state index contributed by atoms with van der Waals surface area (Å²) in [6.45, 7) is 8.19. The Balaban J connectivity index is 3.34. The summed E-state index contributed by atoms with van der Waals surface area (Å²) in [7, 11) is 0. The van der Waals surface area contributed by atoms with E-state index in [0.29, 0.717) is 39.0 Å². The van der Waals surface area contributed by atoms with Gasteiger partial charge in [0.25, 0.3) is 0 Å². The first-order chi connectivity index (χ1) is 9.85. The highest BCUT2D eigenvalue weighted by atomic mass is 16.5. The van der Waals surface area contributed by atoms with E-state index in [2.05, 4.69) is 13.8 Å². The first kappa shape index (κ1) is 19.8. The van der Waals surface area contributed by atoms with Crippen LogP contribution in [0.5, 0.6) is 0 Å². The fourth-order valence-electron chi connectivity index (χ4n) is 2.16. The molecule has 0 aromatic rings. The Labute approximate surface area is 124 Å². The summed E-state index contributed by atoms with van der Waals surface area (Å²) in [5, 5.41) is 8.53. The van der Waals surface area contributed by atoms with Crippen molar-refractivity contribution >= 4 is 0 Å². The Morgan fingerprint density at radius 1 is 0.750 bits per heavy atom. The van der Waals surface area contributed by atoms with E-state index in [1.54, 1.807) is 0 Å². The average Bonchev–Trinajstić information content (AvgIpc) is 2.45. The van der Waals surface area contributed by atoms with Crippen molar-refractivity contribution in [3.8, 4) is 0 Å². The molecule has 0 aliphatic carbocycles. The van der Waals surface area contributed by atoms with Gasteiger partial charge in [0.05, 0.1) is 39.6 Å². The maximum atomic E-state index is 8.53. The minimum Gasteiger partial charge on any atom is -0.394 e. The van der Waals surface area contributed by atoms with Crippen molar-refractivity contribution in [2.24, 2.45) is 5.92 Å². The first-order valence-corrected chi connectivity index (χ1v) is 8.19. The summed E-state index contributed by atoms with van der Waals surface area (Å²) >= 11 is 0. The van der Waals surface area contributed by atoms with E-state index in [1.165, 1.54) is 38.5 Å². The van der Waals surface area contributed by atoms with Crippen molar-refractivity contribution in [2.75, 3.05) is 46.2 Å². The number of rotatable bonds is 16. The molecule has 0 spiro atoms. The molecule has 0 amide bonds. The van der Waals surface area contributed by atoms with Crippen LogP contribution in [-0.2, 0) is 14.2 Å². The van der Waals surface area contributed by atoms with Gasteiger partial charge in [0.15, 0.2) is 0 Å². The zero-order chi connectivity index (χ0) is 14.9.